The summed E-state index contributed by atoms with van der Waals surface area (Å²) in [5, 5.41) is 4.74. The Labute approximate surface area is 137 Å². The number of nitrogens with zero attached hydrogens (tertiary/aromatic N) is 3. The molecular formula is C18H24N4O. The minimum absolute atomic E-state index is 0.405. The van der Waals surface area contributed by atoms with Crippen LogP contribution in [0.2, 0.25) is 0 Å². The Balaban J connectivity index is 1.75. The Morgan fingerprint density at radius 1 is 1.22 bits per heavy atom. The van der Waals surface area contributed by atoms with Crippen LogP contribution in [-0.2, 0) is 12.8 Å². The molecule has 2 N–H and O–H groups in total. The summed E-state index contributed by atoms with van der Waals surface area (Å²) in [5.74, 6) is 0.294. The lowest BCUT2D eigenvalue weighted by Crippen LogP contribution is -2.30. The molecule has 1 aliphatic heterocycles. The number of fused-ring (bicyclic) bond motifs is 1. The van der Waals surface area contributed by atoms with Crippen LogP contribution in [0.3, 0.4) is 0 Å². The van der Waals surface area contributed by atoms with E-state index in [1.165, 1.54) is 11.3 Å². The van der Waals surface area contributed by atoms with E-state index in [2.05, 4.69) is 24.9 Å². The molecule has 1 amide bonds. The highest BCUT2D eigenvalue weighted by Gasteiger charge is 2.18. The Bertz CT molecular complexity index is 662. The molecule has 0 saturated heterocycles. The molecule has 122 valence electrons. The number of aromatic nitrogens is 2. The first-order valence-electron chi connectivity index (χ1n) is 8.23. The molecule has 0 spiro atoms. The zero-order valence-electron chi connectivity index (χ0n) is 13.8. The van der Waals surface area contributed by atoms with Crippen molar-refractivity contribution in [3.8, 4) is 5.69 Å². The molecule has 0 fully saturated rings. The van der Waals surface area contributed by atoms with Gasteiger partial charge in [-0.1, -0.05) is 13.8 Å². The first-order chi connectivity index (χ1) is 11.0. The van der Waals surface area contributed by atoms with Crippen molar-refractivity contribution >= 4 is 5.91 Å². The molecule has 0 atom stereocenters. The van der Waals surface area contributed by atoms with E-state index >= 15 is 0 Å². The van der Waals surface area contributed by atoms with Crippen molar-refractivity contribution < 1.29 is 4.79 Å². The fourth-order valence-corrected chi connectivity index (χ4v) is 3.13. The highest BCUT2D eigenvalue weighted by Crippen LogP contribution is 2.18. The zero-order valence-corrected chi connectivity index (χ0v) is 13.8. The number of nitrogens with two attached hydrogens (primary N) is 1. The first kappa shape index (κ1) is 15.7. The molecule has 1 aromatic carbocycles. The van der Waals surface area contributed by atoms with Gasteiger partial charge in [-0.05, 0) is 42.2 Å². The summed E-state index contributed by atoms with van der Waals surface area (Å²) in [6.45, 7) is 7.85. The van der Waals surface area contributed by atoms with Crippen LogP contribution >= 0.6 is 0 Å². The maximum absolute atomic E-state index is 11.1. The molecule has 5 heteroatoms. The van der Waals surface area contributed by atoms with Crippen molar-refractivity contribution in [2.24, 2.45) is 11.7 Å². The molecule has 5 nitrogen and oxygen atoms in total. The predicted molar refractivity (Wildman–Crippen MR) is 90.8 cm³/mol. The van der Waals surface area contributed by atoms with Crippen LogP contribution in [0, 0.1) is 5.92 Å². The quantitative estimate of drug-likeness (QED) is 0.939. The number of carbonyl (C=O) groups excluding carboxylic acids is 1. The maximum atomic E-state index is 11.1. The summed E-state index contributed by atoms with van der Waals surface area (Å²) in [6, 6.07) is 7.26. The van der Waals surface area contributed by atoms with Gasteiger partial charge in [0.1, 0.15) is 0 Å². The fourth-order valence-electron chi connectivity index (χ4n) is 3.13. The molecular weight excluding hydrogens is 288 g/mol. The zero-order chi connectivity index (χ0) is 16.4. The summed E-state index contributed by atoms with van der Waals surface area (Å²) < 4.78 is 1.91. The van der Waals surface area contributed by atoms with Gasteiger partial charge in [0.2, 0.25) is 5.91 Å². The van der Waals surface area contributed by atoms with Crippen LogP contribution in [0.25, 0.3) is 5.69 Å². The summed E-state index contributed by atoms with van der Waals surface area (Å²) in [5.41, 5.74) is 9.28. The molecule has 2 aromatic rings. The number of hydrogen-bond donors (Lipinski definition) is 1. The van der Waals surface area contributed by atoms with Crippen LogP contribution in [0.15, 0.2) is 30.5 Å². The van der Waals surface area contributed by atoms with Crippen molar-refractivity contribution in [3.05, 3.63) is 47.3 Å². The van der Waals surface area contributed by atoms with Gasteiger partial charge in [-0.2, -0.15) is 5.10 Å². The molecule has 1 aromatic heterocycles. The predicted octanol–water partition coefficient (Wildman–Crippen LogP) is 2.03. The van der Waals surface area contributed by atoms with Crippen LogP contribution in [0.1, 0.15) is 35.5 Å². The SMILES string of the molecule is CC(C)CN1CCc2cn(-c3ccc(C(N)=O)cc3)nc2CC1. The van der Waals surface area contributed by atoms with Crippen LogP contribution in [-0.4, -0.2) is 40.2 Å². The van der Waals surface area contributed by atoms with Crippen molar-refractivity contribution in [1.29, 1.82) is 0 Å². The van der Waals surface area contributed by atoms with Crippen LogP contribution in [0.4, 0.5) is 0 Å². The van der Waals surface area contributed by atoms with Crippen molar-refractivity contribution in [3.63, 3.8) is 0 Å². The lowest BCUT2D eigenvalue weighted by Gasteiger charge is -2.21. The summed E-state index contributed by atoms with van der Waals surface area (Å²) in [4.78, 5) is 13.7. The minimum atomic E-state index is -0.405. The summed E-state index contributed by atoms with van der Waals surface area (Å²) >= 11 is 0. The first-order valence-corrected chi connectivity index (χ1v) is 8.23. The molecule has 3 rings (SSSR count). The molecule has 0 unspecified atom stereocenters. The van der Waals surface area contributed by atoms with Gasteiger partial charge < -0.3 is 10.6 Å². The Hall–Kier alpha value is -2.14. The third-order valence-corrected chi connectivity index (χ3v) is 4.28. The van der Waals surface area contributed by atoms with Crippen molar-refractivity contribution in [2.75, 3.05) is 19.6 Å². The van der Waals surface area contributed by atoms with E-state index in [0.29, 0.717) is 11.5 Å². The third-order valence-electron chi connectivity index (χ3n) is 4.28. The smallest absolute Gasteiger partial charge is 0.248 e. The summed E-state index contributed by atoms with van der Waals surface area (Å²) in [7, 11) is 0. The van der Waals surface area contributed by atoms with Gasteiger partial charge in [-0.15, -0.1) is 0 Å². The van der Waals surface area contributed by atoms with Gasteiger partial charge in [-0.3, -0.25) is 4.79 Å². The van der Waals surface area contributed by atoms with Gasteiger partial charge in [0.25, 0.3) is 0 Å². The third kappa shape index (κ3) is 3.62. The second-order valence-corrected chi connectivity index (χ2v) is 6.65. The largest absolute Gasteiger partial charge is 0.366 e. The Kier molecular flexibility index (Phi) is 4.48. The van der Waals surface area contributed by atoms with E-state index in [4.69, 9.17) is 10.8 Å². The summed E-state index contributed by atoms with van der Waals surface area (Å²) in [6.07, 6.45) is 4.16. The Morgan fingerprint density at radius 3 is 2.57 bits per heavy atom. The monoisotopic (exact) mass is 312 g/mol. The van der Waals surface area contributed by atoms with E-state index in [-0.39, 0.29) is 0 Å². The minimum Gasteiger partial charge on any atom is -0.366 e. The van der Waals surface area contributed by atoms with E-state index in [1.54, 1.807) is 12.1 Å². The molecule has 0 aliphatic carbocycles. The second kappa shape index (κ2) is 6.54. The van der Waals surface area contributed by atoms with E-state index < -0.39 is 5.91 Å². The topological polar surface area (TPSA) is 64.2 Å². The maximum Gasteiger partial charge on any atom is 0.248 e. The van der Waals surface area contributed by atoms with Crippen LogP contribution < -0.4 is 5.73 Å². The van der Waals surface area contributed by atoms with Gasteiger partial charge in [0, 0.05) is 37.8 Å². The van der Waals surface area contributed by atoms with Crippen molar-refractivity contribution in [2.45, 2.75) is 26.7 Å². The molecule has 1 aliphatic rings. The van der Waals surface area contributed by atoms with Crippen LogP contribution in [0.5, 0.6) is 0 Å². The second-order valence-electron chi connectivity index (χ2n) is 6.65. The lowest BCUT2D eigenvalue weighted by atomic mass is 10.1. The van der Waals surface area contributed by atoms with E-state index in [0.717, 1.165) is 38.2 Å². The van der Waals surface area contributed by atoms with E-state index in [9.17, 15) is 4.79 Å². The van der Waals surface area contributed by atoms with Gasteiger partial charge >= 0.3 is 0 Å². The Morgan fingerprint density at radius 2 is 1.91 bits per heavy atom. The molecule has 23 heavy (non-hydrogen) atoms. The number of primary amides is 1. The van der Waals surface area contributed by atoms with Gasteiger partial charge in [0.15, 0.2) is 0 Å². The van der Waals surface area contributed by atoms with Gasteiger partial charge in [0.05, 0.1) is 11.4 Å². The molecule has 0 saturated carbocycles. The normalized spacial score (nSPS) is 15.4. The number of carbonyl (C=O) groups is 1. The standard InChI is InChI=1S/C18H24N4O/c1-13(2)11-21-9-7-15-12-22(20-17(15)8-10-21)16-5-3-14(4-6-16)18(19)23/h3-6,12-13H,7-11H2,1-2H3,(H2,19,23). The fraction of sp³-hybridized carbons (Fsp3) is 0.444. The van der Waals surface area contributed by atoms with Crippen molar-refractivity contribution in [1.82, 2.24) is 14.7 Å². The molecule has 2 heterocycles. The number of rotatable bonds is 4. The number of hydrogen-bond acceptors (Lipinski definition) is 3. The lowest BCUT2D eigenvalue weighted by molar-refractivity contribution is 0.100. The average molecular weight is 312 g/mol. The molecule has 0 radical (unpaired) electrons. The van der Waals surface area contributed by atoms with Gasteiger partial charge in [-0.25, -0.2) is 4.68 Å². The number of benzene rings is 1. The highest BCUT2D eigenvalue weighted by molar-refractivity contribution is 5.92. The average Bonchev–Trinajstić information content (AvgIpc) is 2.84. The highest BCUT2D eigenvalue weighted by atomic mass is 16.1. The molecule has 0 bridgehead atoms. The van der Waals surface area contributed by atoms with E-state index in [1.807, 2.05) is 16.8 Å². The number of amides is 1.